The number of nitrogens with zero attached hydrogens (tertiary/aromatic N) is 2. The maximum absolute atomic E-state index is 12.5. The van der Waals surface area contributed by atoms with Crippen LogP contribution in [0.1, 0.15) is 60.8 Å². The molecule has 1 amide bonds. The number of amides is 1. The minimum atomic E-state index is -0.000544. The zero-order chi connectivity index (χ0) is 14.7. The third kappa shape index (κ3) is 3.28. The molecule has 1 saturated heterocycles. The summed E-state index contributed by atoms with van der Waals surface area (Å²) in [6.07, 6.45) is 8.59. The smallest absolute Gasteiger partial charge is 0.275 e. The first-order valence-corrected chi connectivity index (χ1v) is 8.01. The van der Waals surface area contributed by atoms with Gasteiger partial charge in [0.05, 0.1) is 6.61 Å². The number of ether oxygens (including phenoxy) is 1. The minimum Gasteiger partial charge on any atom is -0.448 e. The van der Waals surface area contributed by atoms with Crippen molar-refractivity contribution in [1.29, 1.82) is 0 Å². The topological polar surface area (TPSA) is 55.6 Å². The van der Waals surface area contributed by atoms with Crippen molar-refractivity contribution in [2.75, 3.05) is 26.8 Å². The summed E-state index contributed by atoms with van der Waals surface area (Å²) in [7, 11) is 1.71. The molecule has 1 atom stereocenters. The summed E-state index contributed by atoms with van der Waals surface area (Å²) >= 11 is 0. The fourth-order valence-electron chi connectivity index (χ4n) is 3.47. The van der Waals surface area contributed by atoms with Gasteiger partial charge in [-0.1, -0.05) is 19.3 Å². The summed E-state index contributed by atoms with van der Waals surface area (Å²) in [5, 5.41) is 0. The molecule has 0 spiro atoms. The lowest BCUT2D eigenvalue weighted by Crippen LogP contribution is -2.29. The van der Waals surface area contributed by atoms with Gasteiger partial charge in [-0.2, -0.15) is 0 Å². The predicted octanol–water partition coefficient (Wildman–Crippen LogP) is 2.83. The summed E-state index contributed by atoms with van der Waals surface area (Å²) in [5.74, 6) is 1.61. The molecule has 1 aromatic rings. The second-order valence-electron chi connectivity index (χ2n) is 6.27. The van der Waals surface area contributed by atoms with Crippen LogP contribution in [0.25, 0.3) is 0 Å². The molecular weight excluding hydrogens is 268 g/mol. The van der Waals surface area contributed by atoms with Crippen LogP contribution < -0.4 is 0 Å². The highest BCUT2D eigenvalue weighted by Gasteiger charge is 2.29. The molecule has 21 heavy (non-hydrogen) atoms. The van der Waals surface area contributed by atoms with Gasteiger partial charge in [-0.25, -0.2) is 4.98 Å². The first-order chi connectivity index (χ1) is 10.3. The maximum atomic E-state index is 12.5. The summed E-state index contributed by atoms with van der Waals surface area (Å²) in [6.45, 7) is 2.27. The zero-order valence-electron chi connectivity index (χ0n) is 12.7. The normalized spacial score (nSPS) is 23.7. The fraction of sp³-hybridized carbons (Fsp3) is 0.750. The predicted molar refractivity (Wildman–Crippen MR) is 78.2 cm³/mol. The van der Waals surface area contributed by atoms with E-state index >= 15 is 0 Å². The molecule has 1 saturated carbocycles. The van der Waals surface area contributed by atoms with E-state index in [-0.39, 0.29) is 5.91 Å². The van der Waals surface area contributed by atoms with E-state index in [2.05, 4.69) is 4.98 Å². The highest BCUT2D eigenvalue weighted by molar-refractivity contribution is 5.92. The van der Waals surface area contributed by atoms with Crippen LogP contribution >= 0.6 is 0 Å². The highest BCUT2D eigenvalue weighted by atomic mass is 16.5. The third-order valence-electron chi connectivity index (χ3n) is 4.67. The number of hydrogen-bond donors (Lipinski definition) is 0. The molecule has 2 fully saturated rings. The molecule has 0 radical (unpaired) electrons. The summed E-state index contributed by atoms with van der Waals surface area (Å²) < 4.78 is 10.7. The SMILES string of the molecule is COCC1CCN(C(=O)c2coc(C3CCCCC3)n2)C1. The van der Waals surface area contributed by atoms with Gasteiger partial charge in [0, 0.05) is 32.0 Å². The Labute approximate surface area is 125 Å². The minimum absolute atomic E-state index is 0.000544. The Morgan fingerprint density at radius 1 is 1.38 bits per heavy atom. The fourth-order valence-corrected chi connectivity index (χ4v) is 3.47. The molecule has 0 bridgehead atoms. The Morgan fingerprint density at radius 2 is 2.19 bits per heavy atom. The van der Waals surface area contributed by atoms with Crippen LogP contribution in [0.3, 0.4) is 0 Å². The number of oxazole rings is 1. The lowest BCUT2D eigenvalue weighted by atomic mass is 9.89. The lowest BCUT2D eigenvalue weighted by molar-refractivity contribution is 0.0769. The van der Waals surface area contributed by atoms with Crippen LogP contribution in [-0.4, -0.2) is 42.6 Å². The molecule has 2 aliphatic rings. The van der Waals surface area contributed by atoms with E-state index in [0.29, 0.717) is 17.5 Å². The van der Waals surface area contributed by atoms with Gasteiger partial charge in [-0.3, -0.25) is 4.79 Å². The quantitative estimate of drug-likeness (QED) is 0.856. The molecule has 116 valence electrons. The average Bonchev–Trinajstić information content (AvgIpc) is 3.17. The number of methoxy groups -OCH3 is 1. The van der Waals surface area contributed by atoms with E-state index in [1.54, 1.807) is 7.11 Å². The van der Waals surface area contributed by atoms with Crippen molar-refractivity contribution in [3.8, 4) is 0 Å². The Hall–Kier alpha value is -1.36. The van der Waals surface area contributed by atoms with Gasteiger partial charge in [0.1, 0.15) is 6.26 Å². The molecule has 1 unspecified atom stereocenters. The Morgan fingerprint density at radius 3 is 2.95 bits per heavy atom. The first kappa shape index (κ1) is 14.6. The van der Waals surface area contributed by atoms with Gasteiger partial charge in [-0.05, 0) is 19.3 Å². The van der Waals surface area contributed by atoms with Gasteiger partial charge in [0.15, 0.2) is 11.6 Å². The Balaban J connectivity index is 1.61. The van der Waals surface area contributed by atoms with E-state index in [0.717, 1.165) is 44.8 Å². The van der Waals surface area contributed by atoms with Crippen molar-refractivity contribution in [3.05, 3.63) is 17.8 Å². The van der Waals surface area contributed by atoms with Gasteiger partial charge >= 0.3 is 0 Å². The molecule has 0 N–H and O–H groups in total. The average molecular weight is 292 g/mol. The molecule has 3 rings (SSSR count). The van der Waals surface area contributed by atoms with E-state index in [1.807, 2.05) is 4.90 Å². The number of carbonyl (C=O) groups is 1. The highest BCUT2D eigenvalue weighted by Crippen LogP contribution is 2.32. The molecule has 1 aliphatic heterocycles. The Kier molecular flexibility index (Phi) is 4.58. The molecule has 1 aliphatic carbocycles. The molecule has 1 aromatic heterocycles. The second-order valence-corrected chi connectivity index (χ2v) is 6.27. The number of carbonyl (C=O) groups excluding carboxylic acids is 1. The van der Waals surface area contributed by atoms with Crippen LogP contribution in [0, 0.1) is 5.92 Å². The third-order valence-corrected chi connectivity index (χ3v) is 4.67. The molecular formula is C16H24N2O3. The first-order valence-electron chi connectivity index (χ1n) is 8.01. The van der Waals surface area contributed by atoms with E-state index in [9.17, 15) is 4.79 Å². The van der Waals surface area contributed by atoms with Crippen molar-refractivity contribution in [3.63, 3.8) is 0 Å². The number of rotatable bonds is 4. The van der Waals surface area contributed by atoms with Crippen molar-refractivity contribution in [2.24, 2.45) is 5.92 Å². The zero-order valence-corrected chi connectivity index (χ0v) is 12.7. The van der Waals surface area contributed by atoms with E-state index in [1.165, 1.54) is 25.5 Å². The van der Waals surface area contributed by atoms with E-state index in [4.69, 9.17) is 9.15 Å². The van der Waals surface area contributed by atoms with Gasteiger partial charge in [-0.15, -0.1) is 0 Å². The molecule has 5 nitrogen and oxygen atoms in total. The summed E-state index contributed by atoms with van der Waals surface area (Å²) in [6, 6.07) is 0. The number of likely N-dealkylation sites (tertiary alicyclic amines) is 1. The molecule has 5 heteroatoms. The maximum Gasteiger partial charge on any atom is 0.275 e. The standard InChI is InChI=1S/C16H24N2O3/c1-20-10-12-7-8-18(9-12)16(19)14-11-21-15(17-14)13-5-3-2-4-6-13/h11-13H,2-10H2,1H3. The van der Waals surface area contributed by atoms with Crippen LogP contribution in [0.2, 0.25) is 0 Å². The van der Waals surface area contributed by atoms with Crippen LogP contribution in [-0.2, 0) is 4.74 Å². The molecule has 2 heterocycles. The van der Waals surface area contributed by atoms with Crippen molar-refractivity contribution in [2.45, 2.75) is 44.4 Å². The summed E-state index contributed by atoms with van der Waals surface area (Å²) in [4.78, 5) is 18.8. The van der Waals surface area contributed by atoms with Crippen molar-refractivity contribution < 1.29 is 13.9 Å². The lowest BCUT2D eigenvalue weighted by Gasteiger charge is -2.18. The van der Waals surface area contributed by atoms with Crippen LogP contribution in [0.15, 0.2) is 10.7 Å². The monoisotopic (exact) mass is 292 g/mol. The number of hydrogen-bond acceptors (Lipinski definition) is 4. The van der Waals surface area contributed by atoms with Crippen molar-refractivity contribution >= 4 is 5.91 Å². The van der Waals surface area contributed by atoms with Crippen LogP contribution in [0.4, 0.5) is 0 Å². The second kappa shape index (κ2) is 6.60. The Bertz CT molecular complexity index is 480. The van der Waals surface area contributed by atoms with Gasteiger partial charge < -0.3 is 14.1 Å². The largest absolute Gasteiger partial charge is 0.448 e. The number of aromatic nitrogens is 1. The van der Waals surface area contributed by atoms with E-state index < -0.39 is 0 Å². The molecule has 0 aromatic carbocycles. The van der Waals surface area contributed by atoms with Crippen LogP contribution in [0.5, 0.6) is 0 Å². The van der Waals surface area contributed by atoms with Gasteiger partial charge in [0.25, 0.3) is 5.91 Å². The van der Waals surface area contributed by atoms with Crippen molar-refractivity contribution in [1.82, 2.24) is 9.88 Å². The van der Waals surface area contributed by atoms with Gasteiger partial charge in [0.2, 0.25) is 0 Å². The summed E-state index contributed by atoms with van der Waals surface area (Å²) in [5.41, 5.74) is 0.466.